The van der Waals surface area contributed by atoms with E-state index < -0.39 is 0 Å². The maximum Gasteiger partial charge on any atom is 0.283 e. The van der Waals surface area contributed by atoms with Crippen molar-refractivity contribution < 1.29 is 19.0 Å². The number of aromatic nitrogens is 1. The summed E-state index contributed by atoms with van der Waals surface area (Å²) in [7, 11) is 4.80. The second kappa shape index (κ2) is 10.1. The first-order valence-electron chi connectivity index (χ1n) is 11.1. The number of thiazole rings is 1. The van der Waals surface area contributed by atoms with Gasteiger partial charge in [0.2, 0.25) is 5.13 Å². The Morgan fingerprint density at radius 2 is 1.58 bits per heavy atom. The fourth-order valence-electron chi connectivity index (χ4n) is 3.85. The van der Waals surface area contributed by atoms with Gasteiger partial charge in [-0.15, -0.1) is 11.3 Å². The highest BCUT2D eigenvalue weighted by Crippen LogP contribution is 2.34. The number of rotatable bonds is 7. The van der Waals surface area contributed by atoms with Crippen LogP contribution in [-0.2, 0) is 4.79 Å². The number of hydrazone groups is 1. The largest absolute Gasteiger partial charge is 0.497 e. The third-order valence-electron chi connectivity index (χ3n) is 5.70. The van der Waals surface area contributed by atoms with Gasteiger partial charge in [-0.2, -0.15) is 10.1 Å². The van der Waals surface area contributed by atoms with Crippen molar-refractivity contribution in [1.29, 1.82) is 0 Å². The number of methoxy groups -OCH3 is 3. The van der Waals surface area contributed by atoms with Crippen molar-refractivity contribution in [1.82, 2.24) is 4.98 Å². The van der Waals surface area contributed by atoms with Crippen molar-refractivity contribution in [2.24, 2.45) is 5.10 Å². The van der Waals surface area contributed by atoms with E-state index >= 15 is 0 Å². The average molecular weight is 498 g/mol. The Hall–Kier alpha value is -4.43. The first-order chi connectivity index (χ1) is 17.6. The average Bonchev–Trinajstić information content (AvgIpc) is 3.54. The lowest BCUT2D eigenvalue weighted by Crippen LogP contribution is -2.21. The van der Waals surface area contributed by atoms with Crippen LogP contribution in [-0.4, -0.2) is 37.9 Å². The molecule has 1 aromatic heterocycles. The zero-order valence-electron chi connectivity index (χ0n) is 20.0. The van der Waals surface area contributed by atoms with Crippen LogP contribution in [0.5, 0.6) is 17.2 Å². The molecule has 0 unspecified atom stereocenters. The molecule has 0 fully saturated rings. The SMILES string of the molecule is COc1ccc(-c2csc(N3N=C(c4ccccc4)/C(=C/c4ccc(OC)c(OC)c4)C3=O)n2)cc1. The summed E-state index contributed by atoms with van der Waals surface area (Å²) in [6, 6.07) is 22.8. The topological polar surface area (TPSA) is 73.2 Å². The third-order valence-corrected chi connectivity index (χ3v) is 6.52. The number of carbonyl (C=O) groups is 1. The Kier molecular flexibility index (Phi) is 6.51. The van der Waals surface area contributed by atoms with Gasteiger partial charge in [-0.25, -0.2) is 4.98 Å². The van der Waals surface area contributed by atoms with Gasteiger partial charge in [0.25, 0.3) is 5.91 Å². The quantitative estimate of drug-likeness (QED) is 0.308. The number of benzene rings is 3. The van der Waals surface area contributed by atoms with Crippen LogP contribution in [0.2, 0.25) is 0 Å². The van der Waals surface area contributed by atoms with E-state index in [4.69, 9.17) is 24.3 Å². The second-order valence-corrected chi connectivity index (χ2v) is 8.68. The molecule has 36 heavy (non-hydrogen) atoms. The summed E-state index contributed by atoms with van der Waals surface area (Å²) in [5.41, 5.74) is 4.37. The summed E-state index contributed by atoms with van der Waals surface area (Å²) in [5, 5.41) is 8.48. The molecule has 0 saturated heterocycles. The Bertz CT molecular complexity index is 1460. The summed E-state index contributed by atoms with van der Waals surface area (Å²) in [4.78, 5) is 18.3. The minimum absolute atomic E-state index is 0.251. The van der Waals surface area contributed by atoms with Gasteiger partial charge >= 0.3 is 0 Å². The van der Waals surface area contributed by atoms with E-state index in [1.54, 1.807) is 21.3 Å². The highest BCUT2D eigenvalue weighted by atomic mass is 32.1. The minimum atomic E-state index is -0.251. The highest BCUT2D eigenvalue weighted by molar-refractivity contribution is 7.14. The van der Waals surface area contributed by atoms with E-state index in [9.17, 15) is 4.79 Å². The molecule has 4 aromatic rings. The molecule has 7 nitrogen and oxygen atoms in total. The fraction of sp³-hybridized carbons (Fsp3) is 0.107. The molecule has 1 amide bonds. The molecule has 5 rings (SSSR count). The molecule has 0 bridgehead atoms. The highest BCUT2D eigenvalue weighted by Gasteiger charge is 2.33. The van der Waals surface area contributed by atoms with Crippen molar-refractivity contribution in [2.75, 3.05) is 26.3 Å². The molecular weight excluding hydrogens is 474 g/mol. The number of ether oxygens (including phenoxy) is 3. The van der Waals surface area contributed by atoms with E-state index in [1.807, 2.05) is 84.3 Å². The number of hydrogen-bond donors (Lipinski definition) is 0. The van der Waals surface area contributed by atoms with Gasteiger partial charge in [0, 0.05) is 16.5 Å². The van der Waals surface area contributed by atoms with E-state index in [1.165, 1.54) is 16.3 Å². The van der Waals surface area contributed by atoms with Crippen molar-refractivity contribution in [2.45, 2.75) is 0 Å². The van der Waals surface area contributed by atoms with Crippen molar-refractivity contribution >= 4 is 34.2 Å². The molecule has 1 aliphatic heterocycles. The monoisotopic (exact) mass is 497 g/mol. The molecule has 1 aliphatic rings. The van der Waals surface area contributed by atoms with Crippen molar-refractivity contribution in [3.05, 3.63) is 94.9 Å². The predicted molar refractivity (Wildman–Crippen MR) is 142 cm³/mol. The normalized spacial score (nSPS) is 14.2. The lowest BCUT2D eigenvalue weighted by Gasteiger charge is -2.09. The Balaban J connectivity index is 1.53. The number of nitrogens with zero attached hydrogens (tertiary/aromatic N) is 3. The zero-order valence-corrected chi connectivity index (χ0v) is 20.8. The third kappa shape index (κ3) is 4.46. The van der Waals surface area contributed by atoms with Crippen LogP contribution in [0, 0.1) is 0 Å². The minimum Gasteiger partial charge on any atom is -0.497 e. The van der Waals surface area contributed by atoms with Gasteiger partial charge in [0.1, 0.15) is 11.5 Å². The summed E-state index contributed by atoms with van der Waals surface area (Å²) < 4.78 is 16.0. The van der Waals surface area contributed by atoms with Crippen molar-refractivity contribution in [3.8, 4) is 28.5 Å². The standard InChI is InChI=1S/C28H23N3O4S/c1-33-21-12-10-19(11-13-21)23-17-36-28(29-23)31-27(32)22(26(30-31)20-7-5-4-6-8-20)15-18-9-14-24(34-2)25(16-18)35-3/h4-17H,1-3H3/b22-15-. The molecule has 3 aromatic carbocycles. The van der Waals surface area contributed by atoms with E-state index in [-0.39, 0.29) is 5.91 Å². The van der Waals surface area contributed by atoms with Crippen LogP contribution in [0.4, 0.5) is 5.13 Å². The van der Waals surface area contributed by atoms with Gasteiger partial charge < -0.3 is 14.2 Å². The van der Waals surface area contributed by atoms with Crippen LogP contribution < -0.4 is 19.2 Å². The van der Waals surface area contributed by atoms with Gasteiger partial charge in [0.15, 0.2) is 11.5 Å². The number of amides is 1. The lowest BCUT2D eigenvalue weighted by atomic mass is 10.00. The molecule has 2 heterocycles. The van der Waals surface area contributed by atoms with Crippen LogP contribution in [0.25, 0.3) is 17.3 Å². The summed E-state index contributed by atoms with van der Waals surface area (Å²) in [6.45, 7) is 0. The molecule has 180 valence electrons. The number of anilines is 1. The fourth-order valence-corrected chi connectivity index (χ4v) is 4.63. The second-order valence-electron chi connectivity index (χ2n) is 7.85. The van der Waals surface area contributed by atoms with E-state index in [2.05, 4.69) is 0 Å². The van der Waals surface area contributed by atoms with Crippen LogP contribution in [0.1, 0.15) is 11.1 Å². The maximum atomic E-state index is 13.6. The molecule has 0 spiro atoms. The zero-order chi connectivity index (χ0) is 25.1. The molecule has 0 radical (unpaired) electrons. The molecule has 0 atom stereocenters. The van der Waals surface area contributed by atoms with Gasteiger partial charge in [-0.05, 0) is 48.0 Å². The van der Waals surface area contributed by atoms with Crippen molar-refractivity contribution in [3.63, 3.8) is 0 Å². The maximum absolute atomic E-state index is 13.6. The van der Waals surface area contributed by atoms with Gasteiger partial charge in [0.05, 0.1) is 32.6 Å². The Morgan fingerprint density at radius 1 is 0.833 bits per heavy atom. The summed E-state index contributed by atoms with van der Waals surface area (Å²) >= 11 is 1.36. The first-order valence-corrected chi connectivity index (χ1v) is 12.0. The van der Waals surface area contributed by atoms with E-state index in [0.29, 0.717) is 27.9 Å². The van der Waals surface area contributed by atoms with E-state index in [0.717, 1.165) is 28.1 Å². The first kappa shape index (κ1) is 23.3. The molecular formula is C28H23N3O4S. The number of hydrogen-bond acceptors (Lipinski definition) is 7. The Morgan fingerprint density at radius 3 is 2.28 bits per heavy atom. The van der Waals surface area contributed by atoms with Crippen LogP contribution in [0.3, 0.4) is 0 Å². The molecule has 0 saturated carbocycles. The predicted octanol–water partition coefficient (Wildman–Crippen LogP) is 5.67. The summed E-state index contributed by atoms with van der Waals surface area (Å²) in [5.74, 6) is 1.71. The smallest absolute Gasteiger partial charge is 0.283 e. The molecule has 0 N–H and O–H groups in total. The van der Waals surface area contributed by atoms with Gasteiger partial charge in [-0.1, -0.05) is 36.4 Å². The number of carbonyl (C=O) groups excluding carboxylic acids is 1. The van der Waals surface area contributed by atoms with Crippen LogP contribution >= 0.6 is 11.3 Å². The molecule has 0 aliphatic carbocycles. The van der Waals surface area contributed by atoms with Crippen LogP contribution in [0.15, 0.2) is 88.9 Å². The Labute approximate surface area is 212 Å². The molecule has 8 heteroatoms. The lowest BCUT2D eigenvalue weighted by molar-refractivity contribution is -0.114. The summed E-state index contributed by atoms with van der Waals surface area (Å²) in [6.07, 6.45) is 1.81. The van der Waals surface area contributed by atoms with Gasteiger partial charge in [-0.3, -0.25) is 4.79 Å².